The summed E-state index contributed by atoms with van der Waals surface area (Å²) >= 11 is 0. The lowest BCUT2D eigenvalue weighted by atomic mass is 10.1. The number of hydrogen-bond donors (Lipinski definition) is 1. The zero-order valence-electron chi connectivity index (χ0n) is 13.3. The molecule has 1 rings (SSSR count). The molecule has 0 heterocycles. The summed E-state index contributed by atoms with van der Waals surface area (Å²) in [6.07, 6.45) is 3.89. The minimum atomic E-state index is -0.735. The number of benzene rings is 1. The second-order valence-electron chi connectivity index (χ2n) is 5.11. The van der Waals surface area contributed by atoms with Gasteiger partial charge in [-0.2, -0.15) is 0 Å². The summed E-state index contributed by atoms with van der Waals surface area (Å²) in [6.45, 7) is 2.51. The first kappa shape index (κ1) is 18.0. The van der Waals surface area contributed by atoms with Gasteiger partial charge in [-0.3, -0.25) is 0 Å². The molecule has 0 saturated heterocycles. The number of esters is 1. The Morgan fingerprint density at radius 1 is 1.14 bits per heavy atom. The Balaban J connectivity index is 2.53. The highest BCUT2D eigenvalue weighted by Gasteiger charge is 2.23. The molecule has 1 atom stereocenters. The predicted octanol–water partition coefficient (Wildman–Crippen LogP) is 3.08. The summed E-state index contributed by atoms with van der Waals surface area (Å²) in [6, 6.07) is 8.75. The molecule has 0 radical (unpaired) electrons. The molecule has 0 aromatic heterocycles. The fourth-order valence-electron chi connectivity index (χ4n) is 2.05. The molecule has 0 aliphatic rings. The number of hydrogen-bond acceptors (Lipinski definition) is 4. The van der Waals surface area contributed by atoms with Gasteiger partial charge in [0.1, 0.15) is 6.04 Å². The smallest absolute Gasteiger partial charge is 0.407 e. The first-order valence-corrected chi connectivity index (χ1v) is 7.72. The molecule has 0 aliphatic carbocycles. The molecule has 1 N–H and O–H groups in total. The van der Waals surface area contributed by atoms with Crippen molar-refractivity contribution in [2.45, 2.75) is 45.1 Å². The van der Waals surface area contributed by atoms with Gasteiger partial charge in [-0.25, -0.2) is 9.59 Å². The maximum atomic E-state index is 12.1. The van der Waals surface area contributed by atoms with E-state index in [1.165, 1.54) is 7.11 Å². The van der Waals surface area contributed by atoms with Gasteiger partial charge in [0, 0.05) is 6.42 Å². The second-order valence-corrected chi connectivity index (χ2v) is 5.11. The van der Waals surface area contributed by atoms with Gasteiger partial charge in [-0.15, -0.1) is 0 Å². The lowest BCUT2D eigenvalue weighted by Gasteiger charge is -2.17. The second kappa shape index (κ2) is 10.7. The molecule has 1 aromatic rings. The zero-order chi connectivity index (χ0) is 16.2. The van der Waals surface area contributed by atoms with E-state index in [9.17, 15) is 9.59 Å². The number of rotatable bonds is 9. The van der Waals surface area contributed by atoms with Crippen LogP contribution in [-0.2, 0) is 20.7 Å². The Labute approximate surface area is 132 Å². The molecule has 0 aliphatic heterocycles. The topological polar surface area (TPSA) is 64.6 Å². The Hall–Kier alpha value is -2.04. The van der Waals surface area contributed by atoms with E-state index >= 15 is 0 Å². The maximum Gasteiger partial charge on any atom is 0.407 e. The molecule has 0 fully saturated rings. The molecular weight excluding hydrogens is 282 g/mol. The highest BCUT2D eigenvalue weighted by molar-refractivity contribution is 5.81. The molecule has 1 amide bonds. The van der Waals surface area contributed by atoms with Gasteiger partial charge in [0.25, 0.3) is 0 Å². The van der Waals surface area contributed by atoms with Gasteiger partial charge in [0.05, 0.1) is 13.7 Å². The quantitative estimate of drug-likeness (QED) is 0.562. The van der Waals surface area contributed by atoms with E-state index in [0.29, 0.717) is 13.0 Å². The van der Waals surface area contributed by atoms with Gasteiger partial charge >= 0.3 is 12.1 Å². The van der Waals surface area contributed by atoms with Crippen LogP contribution in [0.3, 0.4) is 0 Å². The van der Waals surface area contributed by atoms with Crippen molar-refractivity contribution in [3.8, 4) is 0 Å². The van der Waals surface area contributed by atoms with E-state index in [1.807, 2.05) is 30.3 Å². The fraction of sp³-hybridized carbons (Fsp3) is 0.529. The van der Waals surface area contributed by atoms with E-state index in [2.05, 4.69) is 17.0 Å². The van der Waals surface area contributed by atoms with E-state index in [0.717, 1.165) is 31.2 Å². The van der Waals surface area contributed by atoms with Crippen molar-refractivity contribution in [1.82, 2.24) is 5.32 Å². The van der Waals surface area contributed by atoms with Crippen molar-refractivity contribution in [2.75, 3.05) is 13.7 Å². The molecule has 5 heteroatoms. The number of carbonyl (C=O) groups is 2. The molecular formula is C17H25NO4. The maximum absolute atomic E-state index is 12.1. The van der Waals surface area contributed by atoms with Crippen LogP contribution in [0.1, 0.15) is 38.2 Å². The van der Waals surface area contributed by atoms with E-state index in [-0.39, 0.29) is 0 Å². The number of ether oxygens (including phenoxy) is 2. The van der Waals surface area contributed by atoms with Crippen molar-refractivity contribution >= 4 is 12.1 Å². The number of unbranched alkanes of at least 4 members (excludes halogenated alkanes) is 3. The zero-order valence-corrected chi connectivity index (χ0v) is 13.3. The van der Waals surface area contributed by atoms with Gasteiger partial charge in [0.15, 0.2) is 0 Å². The van der Waals surface area contributed by atoms with E-state index < -0.39 is 18.1 Å². The average molecular weight is 307 g/mol. The number of carbonyl (C=O) groups excluding carboxylic acids is 2. The Kier molecular flexibility index (Phi) is 8.72. The number of alkyl carbamates (subject to hydrolysis) is 1. The summed E-state index contributed by atoms with van der Waals surface area (Å²) in [5.74, 6) is -0.425. The van der Waals surface area contributed by atoms with Crippen LogP contribution < -0.4 is 5.32 Å². The molecule has 122 valence electrons. The summed E-state index contributed by atoms with van der Waals surface area (Å²) in [4.78, 5) is 23.5. The predicted molar refractivity (Wildman–Crippen MR) is 84.6 cm³/mol. The minimum absolute atomic E-state index is 0.379. The van der Waals surface area contributed by atoms with Gasteiger partial charge < -0.3 is 14.8 Å². The van der Waals surface area contributed by atoms with Gasteiger partial charge in [-0.1, -0.05) is 56.5 Å². The van der Waals surface area contributed by atoms with E-state index in [1.54, 1.807) is 0 Å². The van der Waals surface area contributed by atoms with Crippen molar-refractivity contribution in [2.24, 2.45) is 0 Å². The van der Waals surface area contributed by atoms with Gasteiger partial charge in [0.2, 0.25) is 0 Å². The summed E-state index contributed by atoms with van der Waals surface area (Å²) in [7, 11) is 1.27. The van der Waals surface area contributed by atoms with E-state index in [4.69, 9.17) is 4.74 Å². The third kappa shape index (κ3) is 7.11. The van der Waals surface area contributed by atoms with Crippen LogP contribution in [0.2, 0.25) is 0 Å². The molecule has 0 spiro atoms. The molecule has 0 saturated carbocycles. The lowest BCUT2D eigenvalue weighted by Crippen LogP contribution is -2.43. The Bertz CT molecular complexity index is 447. The highest BCUT2D eigenvalue weighted by Crippen LogP contribution is 2.06. The number of methoxy groups -OCH3 is 1. The largest absolute Gasteiger partial charge is 0.464 e. The summed E-state index contributed by atoms with van der Waals surface area (Å²) in [5, 5.41) is 2.53. The summed E-state index contributed by atoms with van der Waals surface area (Å²) in [5.41, 5.74) is 0.951. The van der Waals surface area contributed by atoms with Crippen LogP contribution in [0.25, 0.3) is 0 Å². The minimum Gasteiger partial charge on any atom is -0.464 e. The Morgan fingerprint density at radius 2 is 1.86 bits per heavy atom. The SMILES string of the molecule is CCCCCCOC(=O)[C@H](Cc1ccccc1)NC(=O)OC. The van der Waals surface area contributed by atoms with Crippen LogP contribution in [0.4, 0.5) is 4.79 Å². The van der Waals surface area contributed by atoms with Crippen LogP contribution in [0.5, 0.6) is 0 Å². The first-order valence-electron chi connectivity index (χ1n) is 7.72. The van der Waals surface area contributed by atoms with Crippen LogP contribution in [-0.4, -0.2) is 31.8 Å². The van der Waals surface area contributed by atoms with Crippen molar-refractivity contribution in [3.63, 3.8) is 0 Å². The monoisotopic (exact) mass is 307 g/mol. The van der Waals surface area contributed by atoms with Gasteiger partial charge in [-0.05, 0) is 12.0 Å². The Morgan fingerprint density at radius 3 is 2.50 bits per heavy atom. The lowest BCUT2D eigenvalue weighted by molar-refractivity contribution is -0.146. The normalized spacial score (nSPS) is 11.5. The fourth-order valence-corrected chi connectivity index (χ4v) is 2.05. The third-order valence-electron chi connectivity index (χ3n) is 3.29. The standard InChI is InChI=1S/C17H25NO4/c1-3-4-5-9-12-22-16(19)15(18-17(20)21-2)13-14-10-7-6-8-11-14/h6-8,10-11,15H,3-5,9,12-13H2,1-2H3,(H,18,20)/t15-/m0/s1. The number of nitrogens with one attached hydrogen (secondary N) is 1. The summed E-state index contributed by atoms with van der Waals surface area (Å²) < 4.78 is 9.83. The first-order chi connectivity index (χ1) is 10.7. The molecule has 0 unspecified atom stereocenters. The third-order valence-corrected chi connectivity index (χ3v) is 3.29. The number of amides is 1. The van der Waals surface area contributed by atoms with Crippen molar-refractivity contribution in [3.05, 3.63) is 35.9 Å². The van der Waals surface area contributed by atoms with Crippen LogP contribution in [0, 0.1) is 0 Å². The molecule has 5 nitrogen and oxygen atoms in total. The average Bonchev–Trinajstić information content (AvgIpc) is 2.54. The molecule has 22 heavy (non-hydrogen) atoms. The molecule has 1 aromatic carbocycles. The van der Waals surface area contributed by atoms with Crippen LogP contribution >= 0.6 is 0 Å². The van der Waals surface area contributed by atoms with Crippen LogP contribution in [0.15, 0.2) is 30.3 Å². The molecule has 0 bridgehead atoms. The van der Waals surface area contributed by atoms with Crippen molar-refractivity contribution < 1.29 is 19.1 Å². The highest BCUT2D eigenvalue weighted by atomic mass is 16.5. The van der Waals surface area contributed by atoms with Crippen molar-refractivity contribution in [1.29, 1.82) is 0 Å².